The van der Waals surface area contributed by atoms with Gasteiger partial charge in [-0.15, -0.1) is 0 Å². The zero-order valence-electron chi connectivity index (χ0n) is 22.8. The number of hydrogen-bond donors (Lipinski definition) is 0. The molecule has 0 saturated carbocycles. The number of nitrogens with zero attached hydrogens (tertiary/aromatic N) is 4. The van der Waals surface area contributed by atoms with E-state index in [0.717, 1.165) is 4.70 Å². The lowest BCUT2D eigenvalue weighted by molar-refractivity contribution is 0.0985. The maximum Gasteiger partial charge on any atom is 0.260 e. The summed E-state index contributed by atoms with van der Waals surface area (Å²) in [4.78, 5) is 22.2. The van der Waals surface area contributed by atoms with Crippen LogP contribution < -0.4 is 9.64 Å². The molecule has 0 spiro atoms. The second-order valence-corrected chi connectivity index (χ2v) is 13.1. The number of para-hydroxylation sites is 1. The summed E-state index contributed by atoms with van der Waals surface area (Å²) in [6, 6.07) is 11.9. The molecule has 0 saturated heterocycles. The van der Waals surface area contributed by atoms with Gasteiger partial charge in [-0.25, -0.2) is 13.4 Å². The number of carbonyl (C=O) groups excluding carboxylic acids is 1. The molecule has 1 heterocycles. The van der Waals surface area contributed by atoms with Gasteiger partial charge in [0, 0.05) is 31.7 Å². The van der Waals surface area contributed by atoms with Gasteiger partial charge in [0.05, 0.1) is 16.7 Å². The Hall–Kier alpha value is -2.53. The number of rotatable bonds is 12. The van der Waals surface area contributed by atoms with Crippen LogP contribution in [-0.4, -0.2) is 75.9 Å². The first-order chi connectivity index (χ1) is 17.4. The Morgan fingerprint density at radius 1 is 0.973 bits per heavy atom. The standard InChI is InChI=1S/C27H38N4O4S2/c1-19(2)17-30(18-20(3)4)37(33,34)22-13-11-21(12-14-22)26(32)31(16-15-29(5)6)27-28-25-23(35-7)9-8-10-24(25)36-27/h8-14,19-20H,15-18H2,1-7H3. The lowest BCUT2D eigenvalue weighted by atomic mass is 10.2. The Balaban J connectivity index is 1.94. The highest BCUT2D eigenvalue weighted by Crippen LogP contribution is 2.34. The fraction of sp³-hybridized carbons (Fsp3) is 0.481. The summed E-state index contributed by atoms with van der Waals surface area (Å²) in [5, 5.41) is 0.572. The molecule has 37 heavy (non-hydrogen) atoms. The van der Waals surface area contributed by atoms with Crippen molar-refractivity contribution in [1.29, 1.82) is 0 Å². The number of amides is 1. The Morgan fingerprint density at radius 3 is 2.14 bits per heavy atom. The van der Waals surface area contributed by atoms with Gasteiger partial charge >= 0.3 is 0 Å². The second kappa shape index (κ2) is 12.3. The van der Waals surface area contributed by atoms with Crippen LogP contribution in [0.25, 0.3) is 10.2 Å². The molecule has 0 bridgehead atoms. The topological polar surface area (TPSA) is 83.0 Å². The van der Waals surface area contributed by atoms with Crippen molar-refractivity contribution in [3.05, 3.63) is 48.0 Å². The van der Waals surface area contributed by atoms with Crippen LogP contribution in [0.1, 0.15) is 38.1 Å². The average Bonchev–Trinajstić information content (AvgIpc) is 3.27. The van der Waals surface area contributed by atoms with Crippen molar-refractivity contribution in [2.45, 2.75) is 32.6 Å². The smallest absolute Gasteiger partial charge is 0.260 e. The zero-order valence-corrected chi connectivity index (χ0v) is 24.4. The van der Waals surface area contributed by atoms with E-state index in [-0.39, 0.29) is 22.6 Å². The van der Waals surface area contributed by atoms with E-state index < -0.39 is 10.0 Å². The van der Waals surface area contributed by atoms with E-state index in [0.29, 0.717) is 48.1 Å². The number of thiazole rings is 1. The summed E-state index contributed by atoms with van der Waals surface area (Å²) in [6.07, 6.45) is 0. The highest BCUT2D eigenvalue weighted by molar-refractivity contribution is 7.89. The van der Waals surface area contributed by atoms with Crippen LogP contribution >= 0.6 is 11.3 Å². The molecule has 1 aromatic heterocycles. The lowest BCUT2D eigenvalue weighted by Gasteiger charge is -2.26. The minimum absolute atomic E-state index is 0.190. The van der Waals surface area contributed by atoms with Gasteiger partial charge in [0.1, 0.15) is 11.3 Å². The predicted octanol–water partition coefficient (Wildman–Crippen LogP) is 4.82. The van der Waals surface area contributed by atoms with Crippen LogP contribution in [0.2, 0.25) is 0 Å². The summed E-state index contributed by atoms with van der Waals surface area (Å²) in [5.41, 5.74) is 1.12. The van der Waals surface area contributed by atoms with Crippen molar-refractivity contribution in [2.75, 3.05) is 52.3 Å². The third kappa shape index (κ3) is 7.07. The molecule has 0 radical (unpaired) electrons. The molecule has 2 aromatic carbocycles. The van der Waals surface area contributed by atoms with E-state index >= 15 is 0 Å². The number of ether oxygens (including phenoxy) is 1. The molecule has 202 valence electrons. The van der Waals surface area contributed by atoms with Crippen molar-refractivity contribution in [1.82, 2.24) is 14.2 Å². The maximum atomic E-state index is 13.7. The van der Waals surface area contributed by atoms with Gasteiger partial charge < -0.3 is 9.64 Å². The number of carbonyl (C=O) groups is 1. The Labute approximate surface area is 224 Å². The molecule has 3 aromatic rings. The fourth-order valence-corrected chi connectivity index (χ4v) is 6.71. The van der Waals surface area contributed by atoms with Gasteiger partial charge in [-0.05, 0) is 62.3 Å². The number of sulfonamides is 1. The molecule has 0 N–H and O–H groups in total. The molecule has 0 aliphatic carbocycles. The molecule has 0 fully saturated rings. The van der Waals surface area contributed by atoms with Crippen LogP contribution in [0.5, 0.6) is 5.75 Å². The highest BCUT2D eigenvalue weighted by atomic mass is 32.2. The van der Waals surface area contributed by atoms with E-state index in [1.165, 1.54) is 27.8 Å². The number of aromatic nitrogens is 1. The molecule has 0 aliphatic heterocycles. The van der Waals surface area contributed by atoms with E-state index in [1.54, 1.807) is 24.1 Å². The number of fused-ring (bicyclic) bond motifs is 1. The Morgan fingerprint density at radius 2 is 1.59 bits per heavy atom. The van der Waals surface area contributed by atoms with Crippen LogP contribution in [0.4, 0.5) is 5.13 Å². The SMILES string of the molecule is COc1cccc2sc(N(CCN(C)C)C(=O)c3ccc(S(=O)(=O)N(CC(C)C)CC(C)C)cc3)nc12. The van der Waals surface area contributed by atoms with Crippen LogP contribution in [0.15, 0.2) is 47.4 Å². The molecular formula is C27H38N4O4S2. The lowest BCUT2D eigenvalue weighted by Crippen LogP contribution is -2.37. The molecule has 1 amide bonds. The van der Waals surface area contributed by atoms with Gasteiger partial charge in [-0.1, -0.05) is 45.1 Å². The van der Waals surface area contributed by atoms with E-state index in [1.807, 2.05) is 64.9 Å². The largest absolute Gasteiger partial charge is 0.494 e. The summed E-state index contributed by atoms with van der Waals surface area (Å²) in [6.45, 7) is 9.99. The first-order valence-electron chi connectivity index (χ1n) is 12.4. The van der Waals surface area contributed by atoms with Gasteiger partial charge in [-0.2, -0.15) is 4.31 Å². The maximum absolute atomic E-state index is 13.7. The fourth-order valence-electron chi connectivity index (χ4n) is 3.94. The van der Waals surface area contributed by atoms with E-state index in [9.17, 15) is 13.2 Å². The summed E-state index contributed by atoms with van der Waals surface area (Å²) >= 11 is 1.43. The van der Waals surface area contributed by atoms with Crippen LogP contribution in [0.3, 0.4) is 0 Å². The summed E-state index contributed by atoms with van der Waals surface area (Å²) < 4.78 is 34.7. The van der Waals surface area contributed by atoms with E-state index in [4.69, 9.17) is 9.72 Å². The monoisotopic (exact) mass is 546 g/mol. The van der Waals surface area contributed by atoms with Gasteiger partial charge in [0.25, 0.3) is 5.91 Å². The van der Waals surface area contributed by atoms with Crippen LogP contribution in [0, 0.1) is 11.8 Å². The number of likely N-dealkylation sites (N-methyl/N-ethyl adjacent to an activating group) is 1. The number of hydrogen-bond acceptors (Lipinski definition) is 7. The first-order valence-corrected chi connectivity index (χ1v) is 14.7. The van der Waals surface area contributed by atoms with Crippen LogP contribution in [-0.2, 0) is 10.0 Å². The quantitative estimate of drug-likeness (QED) is 0.324. The Bertz CT molecular complexity index is 1290. The Kier molecular flexibility index (Phi) is 9.68. The normalized spacial score (nSPS) is 12.3. The van der Waals surface area contributed by atoms with Crippen molar-refractivity contribution in [3.63, 3.8) is 0 Å². The summed E-state index contributed by atoms with van der Waals surface area (Å²) in [5.74, 6) is 0.825. The molecule has 8 nitrogen and oxygen atoms in total. The molecule has 0 atom stereocenters. The molecule has 0 aliphatic rings. The van der Waals surface area contributed by atoms with Crippen molar-refractivity contribution >= 4 is 42.6 Å². The number of anilines is 1. The van der Waals surface area contributed by atoms with E-state index in [2.05, 4.69) is 0 Å². The van der Waals surface area contributed by atoms with Gasteiger partial charge in [0.2, 0.25) is 10.0 Å². The minimum atomic E-state index is -3.67. The van der Waals surface area contributed by atoms with Crippen molar-refractivity contribution < 1.29 is 17.9 Å². The van der Waals surface area contributed by atoms with Crippen molar-refractivity contribution in [2.24, 2.45) is 11.8 Å². The first kappa shape index (κ1) is 29.0. The predicted molar refractivity (Wildman–Crippen MR) is 151 cm³/mol. The van der Waals surface area contributed by atoms with Gasteiger partial charge in [-0.3, -0.25) is 9.69 Å². The van der Waals surface area contributed by atoms with Gasteiger partial charge in [0.15, 0.2) is 5.13 Å². The minimum Gasteiger partial charge on any atom is -0.494 e. The number of benzene rings is 2. The molecule has 10 heteroatoms. The molecule has 3 rings (SSSR count). The molecular weight excluding hydrogens is 508 g/mol. The highest BCUT2D eigenvalue weighted by Gasteiger charge is 2.27. The summed E-state index contributed by atoms with van der Waals surface area (Å²) in [7, 11) is 1.82. The zero-order chi connectivity index (χ0) is 27.3. The second-order valence-electron chi connectivity index (χ2n) is 10.2. The third-order valence-corrected chi connectivity index (χ3v) is 8.60. The third-order valence-electron chi connectivity index (χ3n) is 5.71. The van der Waals surface area contributed by atoms with Crippen molar-refractivity contribution in [3.8, 4) is 5.75 Å². The average molecular weight is 547 g/mol. The molecule has 0 unspecified atom stereocenters. The number of methoxy groups -OCH3 is 1.